The maximum absolute atomic E-state index is 13.1. The Hall–Kier alpha value is -2.95. The van der Waals surface area contributed by atoms with Crippen molar-refractivity contribution in [2.45, 2.75) is 4.90 Å². The van der Waals surface area contributed by atoms with E-state index in [0.29, 0.717) is 46.8 Å². The molecule has 0 unspecified atom stereocenters. The van der Waals surface area contributed by atoms with E-state index in [1.165, 1.54) is 22.5 Å². The van der Waals surface area contributed by atoms with E-state index in [1.807, 2.05) is 0 Å². The predicted octanol–water partition coefficient (Wildman–Crippen LogP) is 2.39. The number of sulfonamides is 1. The molecule has 5 rings (SSSR count). The summed E-state index contributed by atoms with van der Waals surface area (Å²) in [6.07, 6.45) is 3.09. The van der Waals surface area contributed by atoms with Crippen LogP contribution >= 0.6 is 11.6 Å². The summed E-state index contributed by atoms with van der Waals surface area (Å²) in [5.41, 5.74) is 0.706. The van der Waals surface area contributed by atoms with Gasteiger partial charge in [-0.05, 0) is 35.9 Å². The van der Waals surface area contributed by atoms with E-state index in [-0.39, 0.29) is 43.8 Å². The molecule has 0 N–H and O–H groups in total. The summed E-state index contributed by atoms with van der Waals surface area (Å²) in [7, 11) is -3.71. The van der Waals surface area contributed by atoms with E-state index in [9.17, 15) is 13.2 Å². The van der Waals surface area contributed by atoms with E-state index in [0.717, 1.165) is 0 Å². The van der Waals surface area contributed by atoms with Crippen LogP contribution in [-0.2, 0) is 14.8 Å². The van der Waals surface area contributed by atoms with Gasteiger partial charge in [0.15, 0.2) is 23.0 Å². The summed E-state index contributed by atoms with van der Waals surface area (Å²) >= 11 is 6.18. The Bertz CT molecular complexity index is 1220. The Morgan fingerprint density at radius 2 is 1.67 bits per heavy atom. The fourth-order valence-electron chi connectivity index (χ4n) is 3.84. The van der Waals surface area contributed by atoms with Gasteiger partial charge in [-0.3, -0.25) is 4.79 Å². The number of benzene rings is 2. The molecule has 3 aliphatic rings. The van der Waals surface area contributed by atoms with E-state index < -0.39 is 10.0 Å². The van der Waals surface area contributed by atoms with Crippen LogP contribution in [0.15, 0.2) is 41.3 Å². The van der Waals surface area contributed by atoms with Crippen molar-refractivity contribution in [3.05, 3.63) is 47.0 Å². The highest BCUT2D eigenvalue weighted by Crippen LogP contribution is 2.40. The maximum Gasteiger partial charge on any atom is 0.246 e. The number of amides is 1. The molecule has 1 amide bonds. The molecule has 174 valence electrons. The fourth-order valence-corrected chi connectivity index (χ4v) is 5.55. The molecule has 9 nitrogen and oxygen atoms in total. The molecule has 0 aromatic heterocycles. The lowest BCUT2D eigenvalue weighted by atomic mass is 10.2. The van der Waals surface area contributed by atoms with Crippen LogP contribution in [0.3, 0.4) is 0 Å². The lowest BCUT2D eigenvalue weighted by Gasteiger charge is -2.33. The van der Waals surface area contributed by atoms with Crippen molar-refractivity contribution in [2.24, 2.45) is 0 Å². The number of hydrogen-bond donors (Lipinski definition) is 0. The highest BCUT2D eigenvalue weighted by atomic mass is 35.5. The minimum Gasteiger partial charge on any atom is -0.486 e. The molecular weight excluding hydrogens is 472 g/mol. The molecule has 0 radical (unpaired) electrons. The third-order valence-electron chi connectivity index (χ3n) is 5.57. The van der Waals surface area contributed by atoms with Crippen molar-refractivity contribution >= 4 is 33.6 Å². The predicted molar refractivity (Wildman–Crippen MR) is 119 cm³/mol. The third-order valence-corrected chi connectivity index (χ3v) is 7.75. The van der Waals surface area contributed by atoms with Crippen molar-refractivity contribution < 1.29 is 32.2 Å². The molecular formula is C22H21ClN2O7S. The molecule has 3 heterocycles. The first kappa shape index (κ1) is 21.9. The van der Waals surface area contributed by atoms with Gasteiger partial charge in [0.25, 0.3) is 0 Å². The highest BCUT2D eigenvalue weighted by Gasteiger charge is 2.30. The Morgan fingerprint density at radius 3 is 2.45 bits per heavy atom. The molecule has 1 fully saturated rings. The molecule has 0 bridgehead atoms. The summed E-state index contributed by atoms with van der Waals surface area (Å²) in [5, 5.41) is 0.412. The second kappa shape index (κ2) is 8.77. The molecule has 0 spiro atoms. The van der Waals surface area contributed by atoms with Gasteiger partial charge in [-0.1, -0.05) is 11.6 Å². The minimum atomic E-state index is -3.71. The van der Waals surface area contributed by atoms with E-state index in [2.05, 4.69) is 0 Å². The number of hydrogen-bond acceptors (Lipinski definition) is 7. The number of nitrogens with zero attached hydrogens (tertiary/aromatic N) is 2. The number of fused-ring (bicyclic) bond motifs is 2. The molecule has 1 saturated heterocycles. The number of rotatable bonds is 4. The molecule has 3 aliphatic heterocycles. The topological polar surface area (TPSA) is 94.6 Å². The molecule has 0 saturated carbocycles. The Kier molecular flexibility index (Phi) is 5.81. The maximum atomic E-state index is 13.1. The van der Waals surface area contributed by atoms with Crippen LogP contribution < -0.4 is 18.9 Å². The molecule has 33 heavy (non-hydrogen) atoms. The standard InChI is InChI=1S/C22H21ClN2O7S/c23-17-11-15(12-20-22(17)32-14-31-20)1-4-21(26)24-5-7-25(8-6-24)33(27,28)16-2-3-18-19(13-16)30-10-9-29-18/h1-4,11-13H,5-10,14H2/b4-1+. The van der Waals surface area contributed by atoms with Crippen LogP contribution in [0.25, 0.3) is 6.08 Å². The number of carbonyl (C=O) groups is 1. The van der Waals surface area contributed by atoms with Crippen LogP contribution in [0.5, 0.6) is 23.0 Å². The third kappa shape index (κ3) is 4.33. The summed E-state index contributed by atoms with van der Waals surface area (Å²) in [6.45, 7) is 1.90. The number of carbonyl (C=O) groups excluding carboxylic acids is 1. The van der Waals surface area contributed by atoms with Crippen LogP contribution in [0, 0.1) is 0 Å². The van der Waals surface area contributed by atoms with Crippen LogP contribution in [0.4, 0.5) is 0 Å². The molecule has 2 aromatic rings. The smallest absolute Gasteiger partial charge is 0.246 e. The van der Waals surface area contributed by atoms with Gasteiger partial charge in [0.2, 0.25) is 22.7 Å². The van der Waals surface area contributed by atoms with Gasteiger partial charge in [-0.2, -0.15) is 4.31 Å². The first-order chi connectivity index (χ1) is 15.9. The van der Waals surface area contributed by atoms with Crippen LogP contribution in [0.1, 0.15) is 5.56 Å². The first-order valence-electron chi connectivity index (χ1n) is 10.4. The normalized spacial score (nSPS) is 18.0. The van der Waals surface area contributed by atoms with Crippen molar-refractivity contribution in [1.29, 1.82) is 0 Å². The monoisotopic (exact) mass is 492 g/mol. The van der Waals surface area contributed by atoms with E-state index >= 15 is 0 Å². The average molecular weight is 493 g/mol. The number of ether oxygens (including phenoxy) is 4. The van der Waals surface area contributed by atoms with Gasteiger partial charge in [0.05, 0.1) is 9.92 Å². The summed E-state index contributed by atoms with van der Waals surface area (Å²) in [4.78, 5) is 14.4. The van der Waals surface area contributed by atoms with Gasteiger partial charge in [-0.25, -0.2) is 8.42 Å². The summed E-state index contributed by atoms with van der Waals surface area (Å²) < 4.78 is 49.1. The van der Waals surface area contributed by atoms with Crippen molar-refractivity contribution in [3.8, 4) is 23.0 Å². The number of halogens is 1. The van der Waals surface area contributed by atoms with Gasteiger partial charge >= 0.3 is 0 Å². The van der Waals surface area contributed by atoms with Crippen LogP contribution in [-0.4, -0.2) is 69.7 Å². The second-order valence-corrected chi connectivity index (χ2v) is 9.95. The fraction of sp³-hybridized carbons (Fsp3) is 0.318. The van der Waals surface area contributed by atoms with E-state index in [1.54, 1.807) is 29.2 Å². The highest BCUT2D eigenvalue weighted by molar-refractivity contribution is 7.89. The number of piperazine rings is 1. The Labute approximate surface area is 196 Å². The van der Waals surface area contributed by atoms with Crippen LogP contribution in [0.2, 0.25) is 5.02 Å². The van der Waals surface area contributed by atoms with Crippen molar-refractivity contribution in [3.63, 3.8) is 0 Å². The molecule has 0 atom stereocenters. The van der Waals surface area contributed by atoms with Gasteiger partial charge in [0, 0.05) is 38.3 Å². The quantitative estimate of drug-likeness (QED) is 0.605. The van der Waals surface area contributed by atoms with Gasteiger partial charge in [-0.15, -0.1) is 0 Å². The lowest BCUT2D eigenvalue weighted by Crippen LogP contribution is -2.50. The van der Waals surface area contributed by atoms with E-state index in [4.69, 9.17) is 30.5 Å². The Balaban J connectivity index is 1.22. The largest absolute Gasteiger partial charge is 0.486 e. The minimum absolute atomic E-state index is 0.112. The Morgan fingerprint density at radius 1 is 0.909 bits per heavy atom. The van der Waals surface area contributed by atoms with Crippen molar-refractivity contribution in [1.82, 2.24) is 9.21 Å². The SMILES string of the molecule is O=C(/C=C/c1cc(Cl)c2c(c1)OCO2)N1CCN(S(=O)(=O)c2ccc3c(c2)OCCO3)CC1. The zero-order chi connectivity index (χ0) is 23.0. The first-order valence-corrected chi connectivity index (χ1v) is 12.2. The zero-order valence-electron chi connectivity index (χ0n) is 17.5. The second-order valence-electron chi connectivity index (χ2n) is 7.60. The lowest BCUT2D eigenvalue weighted by molar-refractivity contribution is -0.127. The average Bonchev–Trinajstić information content (AvgIpc) is 3.32. The molecule has 2 aromatic carbocycles. The van der Waals surface area contributed by atoms with Crippen molar-refractivity contribution in [2.75, 3.05) is 46.2 Å². The summed E-state index contributed by atoms with van der Waals surface area (Å²) in [5.74, 6) is 1.78. The van der Waals surface area contributed by atoms with Gasteiger partial charge in [0.1, 0.15) is 13.2 Å². The summed E-state index contributed by atoms with van der Waals surface area (Å²) in [6, 6.07) is 8.04. The molecule has 11 heteroatoms. The van der Waals surface area contributed by atoms with Gasteiger partial charge < -0.3 is 23.8 Å². The zero-order valence-corrected chi connectivity index (χ0v) is 19.1. The molecule has 0 aliphatic carbocycles.